The number of nitrogens with zero attached hydrogens (tertiary/aromatic N) is 1. The first-order chi connectivity index (χ1) is 11.2. The highest BCUT2D eigenvalue weighted by molar-refractivity contribution is 5.17. The summed E-state index contributed by atoms with van der Waals surface area (Å²) in [5.74, 6) is 0. The topological polar surface area (TPSA) is 0 Å². The Morgan fingerprint density at radius 1 is 0.500 bits per heavy atom. The van der Waals surface area contributed by atoms with E-state index in [2.05, 4.69) is 98.0 Å². The molecule has 0 N–H and O–H groups in total. The zero-order valence-electron chi connectivity index (χ0n) is 14.1. The summed E-state index contributed by atoms with van der Waals surface area (Å²) in [5.41, 5.74) is 4.17. The third kappa shape index (κ3) is 5.46. The highest BCUT2D eigenvalue weighted by Gasteiger charge is 2.23. The van der Waals surface area contributed by atoms with Crippen LogP contribution in [0.15, 0.2) is 91.0 Å². The van der Waals surface area contributed by atoms with E-state index in [4.69, 9.17) is 0 Å². The van der Waals surface area contributed by atoms with Crippen LogP contribution in [0.2, 0.25) is 0 Å². The second-order valence-corrected chi connectivity index (χ2v) is 6.55. The quantitative estimate of drug-likeness (QED) is 0.416. The zero-order valence-corrected chi connectivity index (χ0v) is 16.3. The molecule has 24 heavy (non-hydrogen) atoms. The molecule has 0 saturated heterocycles. The molecule has 0 unspecified atom stereocenters. The molecule has 3 aromatic carbocycles. The number of quaternary nitrogens is 1. The van der Waals surface area contributed by atoms with Gasteiger partial charge in [-0.1, -0.05) is 91.0 Å². The van der Waals surface area contributed by atoms with Crippen LogP contribution in [-0.4, -0.2) is 11.5 Å². The molecule has 0 spiro atoms. The first-order valence-electron chi connectivity index (χ1n) is 8.19. The fourth-order valence-corrected chi connectivity index (χ4v) is 3.24. The molecule has 0 aliphatic heterocycles. The van der Waals surface area contributed by atoms with Crippen molar-refractivity contribution in [3.63, 3.8) is 0 Å². The largest absolute Gasteiger partial charge is 1.00 e. The molecule has 0 radical (unpaired) electrons. The summed E-state index contributed by atoms with van der Waals surface area (Å²) in [6.45, 7) is 3.10. The van der Waals surface area contributed by atoms with Gasteiger partial charge in [0.1, 0.15) is 19.6 Å². The number of benzene rings is 3. The molecule has 0 saturated carbocycles. The summed E-state index contributed by atoms with van der Waals surface area (Å²) in [6.07, 6.45) is 0. The Bertz CT molecular complexity index is 609. The molecule has 3 aromatic rings. The monoisotopic (exact) mass is 429 g/mol. The van der Waals surface area contributed by atoms with Crippen molar-refractivity contribution >= 4 is 0 Å². The first-order valence-corrected chi connectivity index (χ1v) is 8.19. The van der Waals surface area contributed by atoms with Gasteiger partial charge in [-0.3, -0.25) is 0 Å². The van der Waals surface area contributed by atoms with Gasteiger partial charge in [0.25, 0.3) is 0 Å². The molecule has 0 fully saturated rings. The minimum absolute atomic E-state index is 0. The number of hydrogen-bond acceptors (Lipinski definition) is 0. The Labute approximate surface area is 162 Å². The normalized spacial score (nSPS) is 10.9. The molecule has 2 heteroatoms. The van der Waals surface area contributed by atoms with Gasteiger partial charge < -0.3 is 28.5 Å². The van der Waals surface area contributed by atoms with E-state index in [1.165, 1.54) is 16.7 Å². The van der Waals surface area contributed by atoms with Gasteiger partial charge >= 0.3 is 0 Å². The Kier molecular flexibility index (Phi) is 7.00. The standard InChI is InChI=1S/C22H24N.HI/c1-23(17-20-11-5-2-6-12-20,18-21-13-7-3-8-14-21)19-22-15-9-4-10-16-22;/h2-16H,17-19H2,1H3;1H/q+1;/p-1. The van der Waals surface area contributed by atoms with Gasteiger partial charge in [-0.15, -0.1) is 0 Å². The molecular weight excluding hydrogens is 405 g/mol. The maximum atomic E-state index is 2.35. The van der Waals surface area contributed by atoms with Crippen molar-refractivity contribution in [2.45, 2.75) is 19.6 Å². The lowest BCUT2D eigenvalue weighted by Gasteiger charge is -2.35. The predicted octanol–water partition coefficient (Wildman–Crippen LogP) is 2.04. The van der Waals surface area contributed by atoms with Crippen molar-refractivity contribution in [1.29, 1.82) is 0 Å². The number of halogens is 1. The SMILES string of the molecule is C[N+](Cc1ccccc1)(Cc1ccccc1)Cc1ccccc1.[I-]. The highest BCUT2D eigenvalue weighted by atomic mass is 127. The minimum atomic E-state index is 0. The molecule has 0 aliphatic rings. The Balaban J connectivity index is 0.00000208. The van der Waals surface area contributed by atoms with Gasteiger partial charge in [-0.2, -0.15) is 0 Å². The summed E-state index contributed by atoms with van der Waals surface area (Å²) in [4.78, 5) is 0. The molecule has 0 bridgehead atoms. The zero-order chi connectivity index (χ0) is 16.0. The molecular formula is C22H24IN. The Morgan fingerprint density at radius 3 is 1.00 bits per heavy atom. The van der Waals surface area contributed by atoms with Crippen LogP contribution in [0, 0.1) is 0 Å². The summed E-state index contributed by atoms with van der Waals surface area (Å²) >= 11 is 0. The minimum Gasteiger partial charge on any atom is -1.00 e. The first kappa shape index (κ1) is 18.7. The van der Waals surface area contributed by atoms with Crippen molar-refractivity contribution < 1.29 is 28.5 Å². The molecule has 124 valence electrons. The van der Waals surface area contributed by atoms with Gasteiger partial charge in [-0.25, -0.2) is 0 Å². The lowest BCUT2D eigenvalue weighted by Crippen LogP contribution is -3.00. The van der Waals surface area contributed by atoms with Crippen LogP contribution in [0.5, 0.6) is 0 Å². The van der Waals surface area contributed by atoms with E-state index in [1.807, 2.05) is 0 Å². The third-order valence-corrected chi connectivity index (χ3v) is 4.22. The molecule has 0 aliphatic carbocycles. The Hall–Kier alpha value is -1.65. The van der Waals surface area contributed by atoms with Crippen molar-refractivity contribution in [3.05, 3.63) is 108 Å². The van der Waals surface area contributed by atoms with Gasteiger partial charge in [0.15, 0.2) is 0 Å². The van der Waals surface area contributed by atoms with Crippen molar-refractivity contribution in [1.82, 2.24) is 0 Å². The van der Waals surface area contributed by atoms with Crippen LogP contribution in [0.3, 0.4) is 0 Å². The van der Waals surface area contributed by atoms with Crippen molar-refractivity contribution in [2.75, 3.05) is 7.05 Å². The van der Waals surface area contributed by atoms with Crippen LogP contribution in [-0.2, 0) is 19.6 Å². The van der Waals surface area contributed by atoms with Gasteiger partial charge in [0.2, 0.25) is 0 Å². The lowest BCUT2D eigenvalue weighted by molar-refractivity contribution is -0.948. The van der Waals surface area contributed by atoms with E-state index >= 15 is 0 Å². The molecule has 3 rings (SSSR count). The van der Waals surface area contributed by atoms with Gasteiger partial charge in [0.05, 0.1) is 7.05 Å². The average molecular weight is 429 g/mol. The lowest BCUT2D eigenvalue weighted by atomic mass is 10.1. The van der Waals surface area contributed by atoms with E-state index in [0.717, 1.165) is 24.1 Å². The molecule has 0 atom stereocenters. The van der Waals surface area contributed by atoms with E-state index in [1.54, 1.807) is 0 Å². The maximum absolute atomic E-state index is 2.35. The van der Waals surface area contributed by atoms with Gasteiger partial charge in [-0.05, 0) is 0 Å². The Morgan fingerprint density at radius 2 is 0.750 bits per heavy atom. The fourth-order valence-electron chi connectivity index (χ4n) is 3.24. The van der Waals surface area contributed by atoms with Crippen LogP contribution in [0.1, 0.15) is 16.7 Å². The molecule has 0 amide bonds. The summed E-state index contributed by atoms with van der Waals surface area (Å²) < 4.78 is 0.970. The van der Waals surface area contributed by atoms with E-state index in [9.17, 15) is 0 Å². The highest BCUT2D eigenvalue weighted by Crippen LogP contribution is 2.21. The van der Waals surface area contributed by atoms with E-state index in [-0.39, 0.29) is 24.0 Å². The smallest absolute Gasteiger partial charge is 0.105 e. The summed E-state index contributed by atoms with van der Waals surface area (Å²) in [7, 11) is 2.35. The van der Waals surface area contributed by atoms with Crippen LogP contribution < -0.4 is 24.0 Å². The number of hydrogen-bond donors (Lipinski definition) is 0. The van der Waals surface area contributed by atoms with E-state index in [0.29, 0.717) is 0 Å². The van der Waals surface area contributed by atoms with Gasteiger partial charge in [0, 0.05) is 16.7 Å². The van der Waals surface area contributed by atoms with Crippen molar-refractivity contribution in [3.8, 4) is 0 Å². The van der Waals surface area contributed by atoms with Crippen molar-refractivity contribution in [2.24, 2.45) is 0 Å². The summed E-state index contributed by atoms with van der Waals surface area (Å²) in [5, 5.41) is 0. The van der Waals surface area contributed by atoms with Crippen LogP contribution in [0.25, 0.3) is 0 Å². The number of rotatable bonds is 6. The molecule has 0 heterocycles. The average Bonchev–Trinajstić information content (AvgIpc) is 2.57. The van der Waals surface area contributed by atoms with E-state index < -0.39 is 0 Å². The molecule has 1 nitrogen and oxygen atoms in total. The van der Waals surface area contributed by atoms with Crippen LogP contribution in [0.4, 0.5) is 0 Å². The fraction of sp³-hybridized carbons (Fsp3) is 0.182. The second kappa shape index (κ2) is 9.00. The second-order valence-electron chi connectivity index (χ2n) is 6.55. The van der Waals surface area contributed by atoms with Crippen LogP contribution >= 0.6 is 0 Å². The predicted molar refractivity (Wildman–Crippen MR) is 96.6 cm³/mol. The molecule has 0 aromatic heterocycles. The third-order valence-electron chi connectivity index (χ3n) is 4.22. The summed E-state index contributed by atoms with van der Waals surface area (Å²) in [6, 6.07) is 32.4. The maximum Gasteiger partial charge on any atom is 0.105 e.